The molecule has 0 atom stereocenters. The zero-order valence-corrected chi connectivity index (χ0v) is 12.1. The number of hydrogen-bond donors (Lipinski definition) is 2. The third-order valence-corrected chi connectivity index (χ3v) is 3.03. The summed E-state index contributed by atoms with van der Waals surface area (Å²) in [5.41, 5.74) is 1.79. The average molecular weight is 296 g/mol. The quantitative estimate of drug-likeness (QED) is 0.670. The van der Waals surface area contributed by atoms with Gasteiger partial charge in [-0.2, -0.15) is 0 Å². The Labute approximate surface area is 128 Å². The van der Waals surface area contributed by atoms with E-state index in [-0.39, 0.29) is 12.3 Å². The van der Waals surface area contributed by atoms with Crippen molar-refractivity contribution >= 4 is 23.3 Å². The first kappa shape index (κ1) is 15.4. The first-order valence-corrected chi connectivity index (χ1v) is 6.80. The predicted octanol–water partition coefficient (Wildman–Crippen LogP) is 2.14. The number of ketones is 1. The van der Waals surface area contributed by atoms with Crippen LogP contribution in [0.2, 0.25) is 0 Å². The zero-order valence-electron chi connectivity index (χ0n) is 12.1. The molecule has 0 aliphatic carbocycles. The van der Waals surface area contributed by atoms with E-state index >= 15 is 0 Å². The molecule has 0 radical (unpaired) electrons. The number of carbonyl (C=O) groups is 3. The molecule has 0 heterocycles. The molecular weight excluding hydrogens is 280 g/mol. The molecule has 2 aromatic rings. The molecule has 2 amide bonds. The van der Waals surface area contributed by atoms with Gasteiger partial charge in [-0.25, -0.2) is 0 Å². The van der Waals surface area contributed by atoms with Gasteiger partial charge in [0.25, 0.3) is 0 Å². The summed E-state index contributed by atoms with van der Waals surface area (Å²) in [4.78, 5) is 34.8. The van der Waals surface area contributed by atoms with Crippen LogP contribution in [0.3, 0.4) is 0 Å². The van der Waals surface area contributed by atoms with Crippen molar-refractivity contribution < 1.29 is 14.4 Å². The van der Waals surface area contributed by atoms with Gasteiger partial charge in [-0.15, -0.1) is 0 Å². The molecule has 0 spiro atoms. The van der Waals surface area contributed by atoms with Gasteiger partial charge in [0.2, 0.25) is 0 Å². The smallest absolute Gasteiger partial charge is 0.313 e. The molecule has 0 saturated carbocycles. The molecule has 5 heteroatoms. The summed E-state index contributed by atoms with van der Waals surface area (Å²) in [6.45, 7) is 1.72. The Morgan fingerprint density at radius 1 is 0.909 bits per heavy atom. The third kappa shape index (κ3) is 4.28. The fourth-order valence-corrected chi connectivity index (χ4v) is 1.86. The third-order valence-electron chi connectivity index (χ3n) is 3.03. The number of nitrogens with one attached hydrogen (secondary N) is 2. The van der Waals surface area contributed by atoms with Crippen LogP contribution >= 0.6 is 0 Å². The van der Waals surface area contributed by atoms with Gasteiger partial charge in [0.05, 0.1) is 0 Å². The van der Waals surface area contributed by atoms with Crippen LogP contribution < -0.4 is 10.6 Å². The summed E-state index contributed by atoms with van der Waals surface area (Å²) in [5.74, 6) is -1.60. The van der Waals surface area contributed by atoms with E-state index in [0.29, 0.717) is 11.3 Å². The zero-order chi connectivity index (χ0) is 15.9. The van der Waals surface area contributed by atoms with E-state index in [4.69, 9.17) is 0 Å². The molecule has 0 bridgehead atoms. The van der Waals surface area contributed by atoms with Crippen molar-refractivity contribution in [2.24, 2.45) is 0 Å². The topological polar surface area (TPSA) is 75.3 Å². The van der Waals surface area contributed by atoms with Gasteiger partial charge in [-0.1, -0.05) is 42.5 Å². The van der Waals surface area contributed by atoms with E-state index in [1.54, 1.807) is 18.2 Å². The maximum absolute atomic E-state index is 11.8. The van der Waals surface area contributed by atoms with Crippen molar-refractivity contribution in [3.05, 3.63) is 65.7 Å². The van der Waals surface area contributed by atoms with Gasteiger partial charge >= 0.3 is 11.8 Å². The minimum absolute atomic E-state index is 0.107. The monoisotopic (exact) mass is 296 g/mol. The molecule has 0 unspecified atom stereocenters. The maximum atomic E-state index is 11.8. The van der Waals surface area contributed by atoms with Crippen LogP contribution in [-0.2, 0) is 16.1 Å². The Morgan fingerprint density at radius 2 is 1.64 bits per heavy atom. The van der Waals surface area contributed by atoms with Crippen LogP contribution in [0.15, 0.2) is 54.6 Å². The fraction of sp³-hybridized carbons (Fsp3) is 0.118. The fourth-order valence-electron chi connectivity index (χ4n) is 1.86. The molecule has 0 fully saturated rings. The summed E-state index contributed by atoms with van der Waals surface area (Å²) in [6.07, 6.45) is 0. The lowest BCUT2D eigenvalue weighted by Crippen LogP contribution is -2.34. The molecule has 0 saturated heterocycles. The molecular formula is C17H16N2O3. The van der Waals surface area contributed by atoms with Gasteiger partial charge in [-0.3, -0.25) is 14.4 Å². The SMILES string of the molecule is CC(=O)c1cccc(NC(=O)C(=O)NCc2ccccc2)c1. The molecule has 2 aromatic carbocycles. The van der Waals surface area contributed by atoms with Crippen LogP contribution in [0.1, 0.15) is 22.8 Å². The van der Waals surface area contributed by atoms with Crippen molar-refractivity contribution in [3.63, 3.8) is 0 Å². The Morgan fingerprint density at radius 3 is 2.32 bits per heavy atom. The van der Waals surface area contributed by atoms with Crippen molar-refractivity contribution in [2.45, 2.75) is 13.5 Å². The first-order chi connectivity index (χ1) is 10.6. The summed E-state index contributed by atoms with van der Waals surface area (Å²) in [5, 5.41) is 5.01. The normalized spacial score (nSPS) is 9.86. The van der Waals surface area contributed by atoms with Crippen molar-refractivity contribution in [1.29, 1.82) is 0 Å². The van der Waals surface area contributed by atoms with Crippen LogP contribution in [0.25, 0.3) is 0 Å². The van der Waals surface area contributed by atoms with Crippen LogP contribution in [0.4, 0.5) is 5.69 Å². The summed E-state index contributed by atoms with van der Waals surface area (Å²) >= 11 is 0. The molecule has 0 aliphatic heterocycles. The predicted molar refractivity (Wildman–Crippen MR) is 83.4 cm³/mol. The lowest BCUT2D eigenvalue weighted by molar-refractivity contribution is -0.136. The second-order valence-electron chi connectivity index (χ2n) is 4.76. The standard InChI is InChI=1S/C17H16N2O3/c1-12(20)14-8-5-9-15(10-14)19-17(22)16(21)18-11-13-6-3-2-4-7-13/h2-10H,11H2,1H3,(H,18,21)(H,19,22). The highest BCUT2D eigenvalue weighted by Crippen LogP contribution is 2.11. The van der Waals surface area contributed by atoms with E-state index < -0.39 is 11.8 Å². The van der Waals surface area contributed by atoms with Crippen molar-refractivity contribution in [2.75, 3.05) is 5.32 Å². The Kier molecular flexibility index (Phi) is 5.03. The molecule has 22 heavy (non-hydrogen) atoms. The minimum atomic E-state index is -0.767. The van der Waals surface area contributed by atoms with Crippen LogP contribution in [0, 0.1) is 0 Å². The van der Waals surface area contributed by atoms with Gasteiger partial charge in [0.15, 0.2) is 5.78 Å². The second-order valence-corrected chi connectivity index (χ2v) is 4.76. The largest absolute Gasteiger partial charge is 0.344 e. The average Bonchev–Trinajstić information content (AvgIpc) is 2.53. The number of amides is 2. The molecule has 5 nitrogen and oxygen atoms in total. The van der Waals surface area contributed by atoms with Gasteiger partial charge < -0.3 is 10.6 Å². The summed E-state index contributed by atoms with van der Waals surface area (Å²) in [6, 6.07) is 15.7. The van der Waals surface area contributed by atoms with E-state index in [1.807, 2.05) is 30.3 Å². The lowest BCUT2D eigenvalue weighted by Gasteiger charge is -2.07. The lowest BCUT2D eigenvalue weighted by atomic mass is 10.1. The number of benzene rings is 2. The maximum Gasteiger partial charge on any atom is 0.313 e. The van der Waals surface area contributed by atoms with Gasteiger partial charge in [-0.05, 0) is 24.6 Å². The second kappa shape index (κ2) is 7.17. The Balaban J connectivity index is 1.92. The van der Waals surface area contributed by atoms with Crippen LogP contribution in [-0.4, -0.2) is 17.6 Å². The summed E-state index contributed by atoms with van der Waals surface area (Å²) in [7, 11) is 0. The number of carbonyl (C=O) groups excluding carboxylic acids is 3. The van der Waals surface area contributed by atoms with Crippen LogP contribution in [0.5, 0.6) is 0 Å². The molecule has 2 N–H and O–H groups in total. The number of Topliss-reactive ketones (excluding diaryl/α,β-unsaturated/α-hetero) is 1. The highest BCUT2D eigenvalue weighted by molar-refractivity contribution is 6.39. The van der Waals surface area contributed by atoms with Gasteiger partial charge in [0.1, 0.15) is 0 Å². The highest BCUT2D eigenvalue weighted by Gasteiger charge is 2.13. The van der Waals surface area contributed by atoms with Crippen molar-refractivity contribution in [3.8, 4) is 0 Å². The minimum Gasteiger partial charge on any atom is -0.344 e. The van der Waals surface area contributed by atoms with E-state index in [1.165, 1.54) is 13.0 Å². The van der Waals surface area contributed by atoms with E-state index in [2.05, 4.69) is 10.6 Å². The number of rotatable bonds is 4. The summed E-state index contributed by atoms with van der Waals surface area (Å²) < 4.78 is 0. The Bertz CT molecular complexity index is 696. The molecule has 112 valence electrons. The van der Waals surface area contributed by atoms with E-state index in [9.17, 15) is 14.4 Å². The highest BCUT2D eigenvalue weighted by atomic mass is 16.2. The molecule has 0 aromatic heterocycles. The Hall–Kier alpha value is -2.95. The number of hydrogen-bond acceptors (Lipinski definition) is 3. The van der Waals surface area contributed by atoms with Gasteiger partial charge in [0, 0.05) is 17.8 Å². The molecule has 0 aliphatic rings. The van der Waals surface area contributed by atoms with Crippen molar-refractivity contribution in [1.82, 2.24) is 5.32 Å². The van der Waals surface area contributed by atoms with E-state index in [0.717, 1.165) is 5.56 Å². The molecule has 2 rings (SSSR count). The first-order valence-electron chi connectivity index (χ1n) is 6.80. The number of anilines is 1.